The fraction of sp³-hybridized carbons (Fsp3) is 0.417. The minimum Gasteiger partial charge on any atom is -0.507 e. The summed E-state index contributed by atoms with van der Waals surface area (Å²) >= 11 is 0. The molecule has 1 aromatic carbocycles. The summed E-state index contributed by atoms with van der Waals surface area (Å²) in [5.74, 6) is -0.272. The van der Waals surface area contributed by atoms with E-state index in [4.69, 9.17) is 0 Å². The molecule has 0 amide bonds. The lowest BCUT2D eigenvalue weighted by molar-refractivity contribution is 0.458. The first-order chi connectivity index (χ1) is 8.36. The van der Waals surface area contributed by atoms with E-state index in [9.17, 15) is 13.5 Å². The maximum absolute atomic E-state index is 11.9. The van der Waals surface area contributed by atoms with E-state index in [-0.39, 0.29) is 10.6 Å². The predicted octanol–water partition coefficient (Wildman–Crippen LogP) is 1.62. The first kappa shape index (κ1) is 14.5. The molecule has 0 saturated heterocycles. The molecule has 1 N–H and O–H groups in total. The van der Waals surface area contributed by atoms with Gasteiger partial charge in [0.2, 0.25) is 0 Å². The fourth-order valence-electron chi connectivity index (χ4n) is 1.42. The normalized spacial score (nSPS) is 11.9. The standard InChI is InChI=1S/C12H18N2O3S/c1-4-5-10-6-7-11(15)12(8-10)18(16,17)13-9-14(2)3/h6-9,15H,4-5H2,1-3H3/b13-9+. The quantitative estimate of drug-likeness (QED) is 0.652. The molecule has 1 aromatic rings. The maximum Gasteiger partial charge on any atom is 0.287 e. The number of sulfonamides is 1. The number of phenolic OH excluding ortho intramolecular Hbond substituents is 1. The van der Waals surface area contributed by atoms with Crippen LogP contribution in [-0.2, 0) is 16.4 Å². The van der Waals surface area contributed by atoms with E-state index in [0.717, 1.165) is 18.4 Å². The Morgan fingerprint density at radius 2 is 2.06 bits per heavy atom. The average molecular weight is 270 g/mol. The van der Waals surface area contributed by atoms with Crippen LogP contribution in [0.5, 0.6) is 5.75 Å². The van der Waals surface area contributed by atoms with E-state index in [0.29, 0.717) is 0 Å². The van der Waals surface area contributed by atoms with Crippen molar-refractivity contribution in [2.24, 2.45) is 4.40 Å². The van der Waals surface area contributed by atoms with Gasteiger partial charge in [0, 0.05) is 14.1 Å². The highest BCUT2D eigenvalue weighted by Crippen LogP contribution is 2.25. The molecule has 0 spiro atoms. The van der Waals surface area contributed by atoms with Gasteiger partial charge in [-0.3, -0.25) is 0 Å². The Morgan fingerprint density at radius 1 is 1.39 bits per heavy atom. The number of aryl methyl sites for hydroxylation is 1. The molecule has 0 fully saturated rings. The predicted molar refractivity (Wildman–Crippen MR) is 71.5 cm³/mol. The van der Waals surface area contributed by atoms with Crippen LogP contribution < -0.4 is 0 Å². The highest BCUT2D eigenvalue weighted by atomic mass is 32.2. The van der Waals surface area contributed by atoms with Crippen LogP contribution in [0.4, 0.5) is 0 Å². The van der Waals surface area contributed by atoms with E-state index in [1.54, 1.807) is 20.2 Å². The van der Waals surface area contributed by atoms with Crippen molar-refractivity contribution in [1.29, 1.82) is 0 Å². The molecule has 0 atom stereocenters. The molecule has 0 aliphatic rings. The van der Waals surface area contributed by atoms with Gasteiger partial charge in [0.1, 0.15) is 17.0 Å². The number of nitrogens with zero attached hydrogens (tertiary/aromatic N) is 2. The Kier molecular flexibility index (Phi) is 4.72. The van der Waals surface area contributed by atoms with Gasteiger partial charge in [-0.2, -0.15) is 8.42 Å². The van der Waals surface area contributed by atoms with Gasteiger partial charge >= 0.3 is 0 Å². The van der Waals surface area contributed by atoms with Gasteiger partial charge in [-0.25, -0.2) is 0 Å². The third-order valence-corrected chi connectivity index (χ3v) is 3.51. The number of benzene rings is 1. The van der Waals surface area contributed by atoms with E-state index in [2.05, 4.69) is 4.40 Å². The van der Waals surface area contributed by atoms with Crippen molar-refractivity contribution in [3.8, 4) is 5.75 Å². The Bertz CT molecular complexity index is 536. The van der Waals surface area contributed by atoms with Gasteiger partial charge in [0.05, 0.1) is 0 Å². The lowest BCUT2D eigenvalue weighted by Crippen LogP contribution is -2.10. The number of hydrogen-bond donors (Lipinski definition) is 1. The maximum atomic E-state index is 11.9. The SMILES string of the molecule is CCCc1ccc(O)c(S(=O)(=O)/N=C/N(C)C)c1. The molecular weight excluding hydrogens is 252 g/mol. The number of hydrogen-bond acceptors (Lipinski definition) is 3. The van der Waals surface area contributed by atoms with E-state index in [1.807, 2.05) is 6.92 Å². The van der Waals surface area contributed by atoms with Crippen LogP contribution in [0.1, 0.15) is 18.9 Å². The molecule has 0 saturated carbocycles. The Hall–Kier alpha value is -1.56. The van der Waals surface area contributed by atoms with Crippen molar-refractivity contribution in [2.75, 3.05) is 14.1 Å². The van der Waals surface area contributed by atoms with E-state index < -0.39 is 10.0 Å². The molecule has 0 radical (unpaired) electrons. The Labute approximate surface area is 108 Å². The van der Waals surface area contributed by atoms with Gasteiger partial charge in [-0.15, -0.1) is 4.40 Å². The summed E-state index contributed by atoms with van der Waals surface area (Å²) in [7, 11) is -0.503. The minimum absolute atomic E-state index is 0.147. The lowest BCUT2D eigenvalue weighted by Gasteiger charge is -2.07. The number of phenols is 1. The van der Waals surface area contributed by atoms with Gasteiger partial charge < -0.3 is 10.0 Å². The largest absolute Gasteiger partial charge is 0.507 e. The zero-order valence-electron chi connectivity index (χ0n) is 10.8. The smallest absolute Gasteiger partial charge is 0.287 e. The first-order valence-corrected chi connectivity index (χ1v) is 7.09. The second-order valence-electron chi connectivity index (χ2n) is 4.21. The molecule has 6 heteroatoms. The zero-order valence-corrected chi connectivity index (χ0v) is 11.6. The monoisotopic (exact) mass is 270 g/mol. The summed E-state index contributed by atoms with van der Waals surface area (Å²) in [6.45, 7) is 2.01. The third kappa shape index (κ3) is 3.73. The summed E-state index contributed by atoms with van der Waals surface area (Å²) < 4.78 is 27.4. The van der Waals surface area contributed by atoms with Crippen LogP contribution >= 0.6 is 0 Å². The Morgan fingerprint density at radius 3 is 2.61 bits per heavy atom. The fourth-order valence-corrected chi connectivity index (χ4v) is 2.48. The summed E-state index contributed by atoms with van der Waals surface area (Å²) in [4.78, 5) is 1.37. The summed E-state index contributed by atoms with van der Waals surface area (Å²) in [5, 5.41) is 9.64. The third-order valence-electron chi connectivity index (χ3n) is 2.26. The first-order valence-electron chi connectivity index (χ1n) is 5.65. The van der Waals surface area contributed by atoms with Gasteiger partial charge in [0.15, 0.2) is 0 Å². The second kappa shape index (κ2) is 5.86. The van der Waals surface area contributed by atoms with Crippen molar-refractivity contribution < 1.29 is 13.5 Å². The van der Waals surface area contributed by atoms with Gasteiger partial charge in [0.25, 0.3) is 10.0 Å². The molecule has 0 aliphatic heterocycles. The van der Waals surface area contributed by atoms with Crippen LogP contribution in [0.15, 0.2) is 27.5 Å². The summed E-state index contributed by atoms with van der Waals surface area (Å²) in [6, 6.07) is 4.58. The zero-order chi connectivity index (χ0) is 13.8. The minimum atomic E-state index is -3.85. The molecule has 0 heterocycles. The molecule has 0 unspecified atom stereocenters. The van der Waals surface area contributed by atoms with Crippen molar-refractivity contribution in [1.82, 2.24) is 4.90 Å². The van der Waals surface area contributed by atoms with Crippen LogP contribution in [0.2, 0.25) is 0 Å². The van der Waals surface area contributed by atoms with Crippen LogP contribution in [-0.4, -0.2) is 38.9 Å². The number of aromatic hydroxyl groups is 1. The highest BCUT2D eigenvalue weighted by Gasteiger charge is 2.17. The van der Waals surface area contributed by atoms with Gasteiger partial charge in [-0.1, -0.05) is 19.4 Å². The molecule has 0 aromatic heterocycles. The van der Waals surface area contributed by atoms with Crippen molar-refractivity contribution in [2.45, 2.75) is 24.7 Å². The number of rotatable bonds is 5. The summed E-state index contributed by atoms with van der Waals surface area (Å²) in [5.41, 5.74) is 0.869. The van der Waals surface area contributed by atoms with Gasteiger partial charge in [-0.05, 0) is 24.1 Å². The molecular formula is C12H18N2O3S. The second-order valence-corrected chi connectivity index (χ2v) is 5.81. The molecule has 5 nitrogen and oxygen atoms in total. The van der Waals surface area contributed by atoms with Crippen molar-refractivity contribution in [3.05, 3.63) is 23.8 Å². The van der Waals surface area contributed by atoms with Crippen LogP contribution in [0.3, 0.4) is 0 Å². The van der Waals surface area contributed by atoms with Crippen LogP contribution in [0, 0.1) is 0 Å². The molecule has 18 heavy (non-hydrogen) atoms. The average Bonchev–Trinajstić information content (AvgIpc) is 2.29. The topological polar surface area (TPSA) is 70.0 Å². The molecule has 0 aliphatic carbocycles. The Balaban J connectivity index is 3.18. The molecule has 1 rings (SSSR count). The van der Waals surface area contributed by atoms with Crippen molar-refractivity contribution >= 4 is 16.4 Å². The van der Waals surface area contributed by atoms with Crippen LogP contribution in [0.25, 0.3) is 0 Å². The molecule has 0 bridgehead atoms. The van der Waals surface area contributed by atoms with E-state index in [1.165, 1.54) is 23.4 Å². The van der Waals surface area contributed by atoms with Crippen molar-refractivity contribution in [3.63, 3.8) is 0 Å². The highest BCUT2D eigenvalue weighted by molar-refractivity contribution is 7.90. The lowest BCUT2D eigenvalue weighted by atomic mass is 10.1. The molecule has 100 valence electrons. The van der Waals surface area contributed by atoms with E-state index >= 15 is 0 Å². The summed E-state index contributed by atoms with van der Waals surface area (Å²) in [6.07, 6.45) is 2.87.